The second-order valence-corrected chi connectivity index (χ2v) is 8.07. The van der Waals surface area contributed by atoms with E-state index in [0.29, 0.717) is 6.04 Å². The Morgan fingerprint density at radius 1 is 1.25 bits per heavy atom. The summed E-state index contributed by atoms with van der Waals surface area (Å²) >= 11 is 5.26. The Labute approximate surface area is 133 Å². The van der Waals surface area contributed by atoms with Crippen LogP contribution in [-0.4, -0.2) is 4.98 Å². The molecule has 20 heavy (non-hydrogen) atoms. The van der Waals surface area contributed by atoms with Crippen LogP contribution in [0.3, 0.4) is 0 Å². The Morgan fingerprint density at radius 2 is 1.90 bits per heavy atom. The fraction of sp³-hybridized carbons (Fsp3) is 0.438. The second kappa shape index (κ2) is 6.37. The van der Waals surface area contributed by atoms with Crippen LogP contribution in [0.25, 0.3) is 0 Å². The Morgan fingerprint density at radius 3 is 2.45 bits per heavy atom. The maximum Gasteiger partial charge on any atom is 0.0981 e. The highest BCUT2D eigenvalue weighted by Crippen LogP contribution is 2.27. The predicted molar refractivity (Wildman–Crippen MR) is 90.2 cm³/mol. The molecule has 4 heteroatoms. The third kappa shape index (κ3) is 4.14. The van der Waals surface area contributed by atoms with Crippen LogP contribution in [0.15, 0.2) is 34.9 Å². The predicted octanol–water partition coefficient (Wildman–Crippen LogP) is 5.05. The van der Waals surface area contributed by atoms with Gasteiger partial charge in [0, 0.05) is 33.5 Å². The van der Waals surface area contributed by atoms with Crippen LogP contribution < -0.4 is 5.32 Å². The summed E-state index contributed by atoms with van der Waals surface area (Å²) in [6.45, 7) is 9.66. The van der Waals surface area contributed by atoms with Gasteiger partial charge in [0.25, 0.3) is 0 Å². The lowest BCUT2D eigenvalue weighted by Gasteiger charge is -2.14. The third-order valence-electron chi connectivity index (χ3n) is 3.15. The van der Waals surface area contributed by atoms with E-state index >= 15 is 0 Å². The minimum atomic E-state index is 0.139. The van der Waals surface area contributed by atoms with Crippen LogP contribution in [0.4, 0.5) is 0 Å². The molecule has 0 spiro atoms. The molecule has 0 fully saturated rings. The van der Waals surface area contributed by atoms with Crippen molar-refractivity contribution in [2.75, 3.05) is 0 Å². The van der Waals surface area contributed by atoms with Gasteiger partial charge in [-0.1, -0.05) is 48.8 Å². The normalized spacial score (nSPS) is 13.4. The van der Waals surface area contributed by atoms with Crippen molar-refractivity contribution in [3.8, 4) is 0 Å². The molecule has 1 aromatic heterocycles. The summed E-state index contributed by atoms with van der Waals surface area (Å²) < 4.78 is 1.12. The van der Waals surface area contributed by atoms with Gasteiger partial charge in [-0.25, -0.2) is 4.98 Å². The van der Waals surface area contributed by atoms with E-state index in [1.807, 2.05) is 6.20 Å². The van der Waals surface area contributed by atoms with Crippen molar-refractivity contribution >= 4 is 27.3 Å². The molecule has 2 rings (SSSR count). The van der Waals surface area contributed by atoms with E-state index in [-0.39, 0.29) is 5.41 Å². The van der Waals surface area contributed by atoms with E-state index in [9.17, 15) is 0 Å². The van der Waals surface area contributed by atoms with Gasteiger partial charge in [0.2, 0.25) is 0 Å². The van der Waals surface area contributed by atoms with E-state index in [1.165, 1.54) is 15.4 Å². The lowest BCUT2D eigenvalue weighted by molar-refractivity contribution is 0.578. The Kier molecular flexibility index (Phi) is 4.99. The summed E-state index contributed by atoms with van der Waals surface area (Å²) in [4.78, 5) is 5.81. The van der Waals surface area contributed by atoms with Gasteiger partial charge in [-0.3, -0.25) is 0 Å². The summed E-state index contributed by atoms with van der Waals surface area (Å²) in [5.41, 5.74) is 1.44. The number of aromatic nitrogens is 1. The highest BCUT2D eigenvalue weighted by Gasteiger charge is 2.18. The summed E-state index contributed by atoms with van der Waals surface area (Å²) in [5.74, 6) is 0. The van der Waals surface area contributed by atoms with Crippen molar-refractivity contribution in [1.29, 1.82) is 0 Å². The van der Waals surface area contributed by atoms with Crippen LogP contribution >= 0.6 is 27.3 Å². The Hall–Kier alpha value is -0.710. The van der Waals surface area contributed by atoms with Gasteiger partial charge in [-0.2, -0.15) is 0 Å². The highest BCUT2D eigenvalue weighted by molar-refractivity contribution is 9.10. The molecule has 108 valence electrons. The SMILES string of the molecule is C[C@H](NCc1cnc(C(C)(C)C)s1)c1ccc(Br)cc1. The number of thiazole rings is 1. The van der Waals surface area contributed by atoms with Crippen LogP contribution in [0.1, 0.15) is 49.2 Å². The largest absolute Gasteiger partial charge is 0.305 e. The van der Waals surface area contributed by atoms with Gasteiger partial charge in [0.05, 0.1) is 5.01 Å². The monoisotopic (exact) mass is 352 g/mol. The van der Waals surface area contributed by atoms with Gasteiger partial charge < -0.3 is 5.32 Å². The molecule has 1 aromatic carbocycles. The number of nitrogens with zero attached hydrogens (tertiary/aromatic N) is 1. The average molecular weight is 353 g/mol. The van der Waals surface area contributed by atoms with Crippen molar-refractivity contribution in [1.82, 2.24) is 10.3 Å². The summed E-state index contributed by atoms with van der Waals surface area (Å²) in [5, 5.41) is 4.75. The molecular weight excluding hydrogens is 332 g/mol. The number of hydrogen-bond donors (Lipinski definition) is 1. The molecule has 0 aliphatic rings. The van der Waals surface area contributed by atoms with E-state index in [2.05, 4.69) is 78.2 Å². The zero-order valence-corrected chi connectivity index (χ0v) is 14.8. The maximum atomic E-state index is 4.52. The molecular formula is C16H21BrN2S. The molecule has 2 nitrogen and oxygen atoms in total. The van der Waals surface area contributed by atoms with Crippen molar-refractivity contribution in [3.05, 3.63) is 50.4 Å². The first-order chi connectivity index (χ1) is 9.36. The quantitative estimate of drug-likeness (QED) is 0.832. The fourth-order valence-corrected chi connectivity index (χ4v) is 3.04. The minimum absolute atomic E-state index is 0.139. The third-order valence-corrected chi connectivity index (χ3v) is 5.10. The van der Waals surface area contributed by atoms with Crippen LogP contribution in [0.2, 0.25) is 0 Å². The van der Waals surface area contributed by atoms with Gasteiger partial charge in [0.15, 0.2) is 0 Å². The molecule has 0 aliphatic heterocycles. The maximum absolute atomic E-state index is 4.52. The van der Waals surface area contributed by atoms with Gasteiger partial charge in [0.1, 0.15) is 0 Å². The summed E-state index contributed by atoms with van der Waals surface area (Å²) in [6.07, 6.45) is 1.99. The van der Waals surface area contributed by atoms with E-state index < -0.39 is 0 Å². The van der Waals surface area contributed by atoms with Gasteiger partial charge in [-0.05, 0) is 24.6 Å². The van der Waals surface area contributed by atoms with Crippen LogP contribution in [0.5, 0.6) is 0 Å². The molecule has 0 radical (unpaired) electrons. The number of hydrogen-bond acceptors (Lipinski definition) is 3. The average Bonchev–Trinajstić information content (AvgIpc) is 2.85. The van der Waals surface area contributed by atoms with Gasteiger partial charge in [-0.15, -0.1) is 11.3 Å². The number of benzene rings is 1. The second-order valence-electron chi connectivity index (χ2n) is 6.04. The molecule has 1 N–H and O–H groups in total. The minimum Gasteiger partial charge on any atom is -0.305 e. The molecule has 0 aliphatic carbocycles. The van der Waals surface area contributed by atoms with E-state index in [1.54, 1.807) is 11.3 Å². The first kappa shape index (κ1) is 15.7. The number of rotatable bonds is 4. The smallest absolute Gasteiger partial charge is 0.0981 e. The molecule has 2 aromatic rings. The molecule has 0 bridgehead atoms. The molecule has 1 atom stereocenters. The molecule has 0 saturated carbocycles. The topological polar surface area (TPSA) is 24.9 Å². The summed E-state index contributed by atoms with van der Waals surface area (Å²) in [6, 6.07) is 8.79. The zero-order chi connectivity index (χ0) is 14.8. The van der Waals surface area contributed by atoms with Crippen LogP contribution in [-0.2, 0) is 12.0 Å². The van der Waals surface area contributed by atoms with Crippen molar-refractivity contribution in [2.24, 2.45) is 0 Å². The lowest BCUT2D eigenvalue weighted by Crippen LogP contribution is -2.17. The van der Waals surface area contributed by atoms with Crippen molar-refractivity contribution in [3.63, 3.8) is 0 Å². The first-order valence-corrected chi connectivity index (χ1v) is 8.41. The number of halogens is 1. The number of nitrogens with one attached hydrogen (secondary N) is 1. The molecule has 0 saturated heterocycles. The molecule has 0 amide bonds. The zero-order valence-electron chi connectivity index (χ0n) is 12.4. The highest BCUT2D eigenvalue weighted by atomic mass is 79.9. The van der Waals surface area contributed by atoms with E-state index in [4.69, 9.17) is 0 Å². The molecule has 1 heterocycles. The lowest BCUT2D eigenvalue weighted by atomic mass is 9.98. The standard InChI is InChI=1S/C16H21BrN2S/c1-11(12-5-7-13(17)8-6-12)18-9-14-10-19-15(20-14)16(2,3)4/h5-8,10-11,18H,9H2,1-4H3/t11-/m0/s1. The van der Waals surface area contributed by atoms with Gasteiger partial charge >= 0.3 is 0 Å². The first-order valence-electron chi connectivity index (χ1n) is 6.80. The van der Waals surface area contributed by atoms with Crippen molar-refractivity contribution in [2.45, 2.75) is 45.7 Å². The Balaban J connectivity index is 1.95. The molecule has 0 unspecified atom stereocenters. The summed E-state index contributed by atoms with van der Waals surface area (Å²) in [7, 11) is 0. The van der Waals surface area contributed by atoms with E-state index in [0.717, 1.165) is 11.0 Å². The van der Waals surface area contributed by atoms with Crippen LogP contribution in [0, 0.1) is 0 Å². The Bertz CT molecular complexity index is 555. The van der Waals surface area contributed by atoms with Crippen molar-refractivity contribution < 1.29 is 0 Å². The fourth-order valence-electron chi connectivity index (χ4n) is 1.86.